The summed E-state index contributed by atoms with van der Waals surface area (Å²) < 4.78 is 26.4. The first-order valence-electron chi connectivity index (χ1n) is 7.75. The number of para-hydroxylation sites is 1. The number of anilines is 5. The summed E-state index contributed by atoms with van der Waals surface area (Å²) >= 11 is 0. The molecule has 1 heterocycles. The lowest BCUT2D eigenvalue weighted by Gasteiger charge is -2.24. The number of nitrogen functional groups attached to an aromatic ring is 1. The molecule has 0 fully saturated rings. The molecule has 3 aromatic rings. The van der Waals surface area contributed by atoms with Crippen molar-refractivity contribution < 1.29 is 8.78 Å². The van der Waals surface area contributed by atoms with Crippen molar-refractivity contribution in [3.8, 4) is 0 Å². The van der Waals surface area contributed by atoms with Crippen LogP contribution in [0.25, 0.3) is 0 Å². The van der Waals surface area contributed by atoms with Crippen molar-refractivity contribution in [3.05, 3.63) is 66.5 Å². The second-order valence-electron chi connectivity index (χ2n) is 5.29. The Kier molecular flexibility index (Phi) is 4.74. The standard InChI is InChI=1S/C18H17F2N5/c1-2-25(13-6-4-3-5-7-13)18-16(21)17(22-11-23-18)24-12-8-9-14(19)15(20)10-12/h3-11H,2,21H2,1H3,(H,22,23,24). The summed E-state index contributed by atoms with van der Waals surface area (Å²) in [4.78, 5) is 10.3. The maximum Gasteiger partial charge on any atom is 0.161 e. The number of halogens is 2. The summed E-state index contributed by atoms with van der Waals surface area (Å²) in [5.41, 5.74) is 7.82. The number of rotatable bonds is 5. The Balaban J connectivity index is 1.95. The number of hydrogen-bond acceptors (Lipinski definition) is 5. The number of hydrogen-bond donors (Lipinski definition) is 2. The van der Waals surface area contributed by atoms with Gasteiger partial charge in [0, 0.05) is 24.0 Å². The number of nitrogens with two attached hydrogens (primary N) is 1. The van der Waals surface area contributed by atoms with E-state index < -0.39 is 11.6 Å². The molecular formula is C18H17F2N5. The monoisotopic (exact) mass is 341 g/mol. The van der Waals surface area contributed by atoms with Gasteiger partial charge in [0.15, 0.2) is 23.3 Å². The molecule has 0 saturated heterocycles. The van der Waals surface area contributed by atoms with Gasteiger partial charge >= 0.3 is 0 Å². The lowest BCUT2D eigenvalue weighted by atomic mass is 10.2. The van der Waals surface area contributed by atoms with Crippen LogP contribution in [0.2, 0.25) is 0 Å². The van der Waals surface area contributed by atoms with E-state index in [1.807, 2.05) is 42.2 Å². The van der Waals surface area contributed by atoms with E-state index in [1.54, 1.807) is 0 Å². The van der Waals surface area contributed by atoms with Gasteiger partial charge in [-0.3, -0.25) is 0 Å². The van der Waals surface area contributed by atoms with Gasteiger partial charge in [-0.05, 0) is 31.2 Å². The van der Waals surface area contributed by atoms with Gasteiger partial charge in [-0.25, -0.2) is 18.7 Å². The zero-order valence-electron chi connectivity index (χ0n) is 13.6. The third-order valence-corrected chi connectivity index (χ3v) is 3.68. The molecule has 0 amide bonds. The molecule has 0 saturated carbocycles. The molecule has 3 rings (SSSR count). The van der Waals surface area contributed by atoms with E-state index >= 15 is 0 Å². The van der Waals surface area contributed by atoms with E-state index in [-0.39, 0.29) is 0 Å². The van der Waals surface area contributed by atoms with Crippen molar-refractivity contribution in [2.45, 2.75) is 6.92 Å². The number of benzene rings is 2. The highest BCUT2D eigenvalue weighted by Gasteiger charge is 2.16. The molecule has 25 heavy (non-hydrogen) atoms. The van der Waals surface area contributed by atoms with Gasteiger partial charge in [0.05, 0.1) is 0 Å². The summed E-state index contributed by atoms with van der Waals surface area (Å²) in [7, 11) is 0. The van der Waals surface area contributed by atoms with Crippen molar-refractivity contribution >= 4 is 28.7 Å². The highest BCUT2D eigenvalue weighted by Crippen LogP contribution is 2.32. The van der Waals surface area contributed by atoms with E-state index in [0.717, 1.165) is 17.8 Å². The van der Waals surface area contributed by atoms with Crippen molar-refractivity contribution in [2.75, 3.05) is 22.5 Å². The Labute approximate surface area is 144 Å². The van der Waals surface area contributed by atoms with Crippen LogP contribution in [0, 0.1) is 11.6 Å². The third-order valence-electron chi connectivity index (χ3n) is 3.68. The van der Waals surface area contributed by atoms with Crippen LogP contribution in [0.5, 0.6) is 0 Å². The molecule has 5 nitrogen and oxygen atoms in total. The van der Waals surface area contributed by atoms with Crippen LogP contribution in [0.15, 0.2) is 54.9 Å². The minimum atomic E-state index is -0.947. The van der Waals surface area contributed by atoms with Gasteiger partial charge < -0.3 is 16.0 Å². The predicted molar refractivity (Wildman–Crippen MR) is 95.2 cm³/mol. The first-order chi connectivity index (χ1) is 12.1. The van der Waals surface area contributed by atoms with Crippen molar-refractivity contribution in [1.82, 2.24) is 9.97 Å². The Hall–Kier alpha value is -3.22. The lowest BCUT2D eigenvalue weighted by Crippen LogP contribution is -2.19. The maximum absolute atomic E-state index is 13.4. The second-order valence-corrected chi connectivity index (χ2v) is 5.29. The van der Waals surface area contributed by atoms with Crippen molar-refractivity contribution in [3.63, 3.8) is 0 Å². The Morgan fingerprint density at radius 1 is 1.04 bits per heavy atom. The molecule has 0 aliphatic heterocycles. The van der Waals surface area contributed by atoms with Crippen LogP contribution < -0.4 is 16.0 Å². The molecule has 0 atom stereocenters. The van der Waals surface area contributed by atoms with Gasteiger partial charge in [0.25, 0.3) is 0 Å². The molecule has 0 aliphatic carbocycles. The fourth-order valence-electron chi connectivity index (χ4n) is 2.47. The van der Waals surface area contributed by atoms with Gasteiger partial charge in [0.1, 0.15) is 12.0 Å². The number of aromatic nitrogens is 2. The van der Waals surface area contributed by atoms with Gasteiger partial charge in [-0.15, -0.1) is 0 Å². The van der Waals surface area contributed by atoms with Crippen LogP contribution >= 0.6 is 0 Å². The molecule has 1 aromatic heterocycles. The molecule has 0 bridgehead atoms. The lowest BCUT2D eigenvalue weighted by molar-refractivity contribution is 0.509. The summed E-state index contributed by atoms with van der Waals surface area (Å²) in [6.45, 7) is 2.63. The largest absolute Gasteiger partial charge is 0.393 e. The topological polar surface area (TPSA) is 67.1 Å². The van der Waals surface area contributed by atoms with Crippen LogP contribution in [0.3, 0.4) is 0 Å². The average molecular weight is 341 g/mol. The van der Waals surface area contributed by atoms with Crippen LogP contribution in [-0.4, -0.2) is 16.5 Å². The van der Waals surface area contributed by atoms with Crippen molar-refractivity contribution in [1.29, 1.82) is 0 Å². The van der Waals surface area contributed by atoms with E-state index in [2.05, 4.69) is 15.3 Å². The van der Waals surface area contributed by atoms with E-state index in [0.29, 0.717) is 29.6 Å². The molecule has 7 heteroatoms. The average Bonchev–Trinajstić information content (AvgIpc) is 2.63. The Morgan fingerprint density at radius 3 is 2.48 bits per heavy atom. The second kappa shape index (κ2) is 7.12. The summed E-state index contributed by atoms with van der Waals surface area (Å²) in [6, 6.07) is 13.2. The van der Waals surface area contributed by atoms with Gasteiger partial charge in [0.2, 0.25) is 0 Å². The minimum Gasteiger partial charge on any atom is -0.393 e. The molecular weight excluding hydrogens is 324 g/mol. The highest BCUT2D eigenvalue weighted by atomic mass is 19.2. The minimum absolute atomic E-state index is 0.318. The van der Waals surface area contributed by atoms with E-state index in [1.165, 1.54) is 12.4 Å². The smallest absolute Gasteiger partial charge is 0.161 e. The fraction of sp³-hybridized carbons (Fsp3) is 0.111. The predicted octanol–water partition coefficient (Wildman–Crippen LogP) is 4.24. The third kappa shape index (κ3) is 3.50. The molecule has 0 spiro atoms. The fourth-order valence-corrected chi connectivity index (χ4v) is 2.47. The number of nitrogens with one attached hydrogen (secondary N) is 1. The normalized spacial score (nSPS) is 10.5. The molecule has 0 unspecified atom stereocenters. The van der Waals surface area contributed by atoms with E-state index in [4.69, 9.17) is 5.73 Å². The van der Waals surface area contributed by atoms with Crippen LogP contribution in [0.4, 0.5) is 37.5 Å². The Morgan fingerprint density at radius 2 is 1.80 bits per heavy atom. The summed E-state index contributed by atoms with van der Waals surface area (Å²) in [5.74, 6) is -1.00. The van der Waals surface area contributed by atoms with Gasteiger partial charge in [-0.1, -0.05) is 18.2 Å². The summed E-state index contributed by atoms with van der Waals surface area (Å²) in [5, 5.41) is 2.90. The highest BCUT2D eigenvalue weighted by molar-refractivity contribution is 5.81. The molecule has 2 aromatic carbocycles. The summed E-state index contributed by atoms with van der Waals surface area (Å²) in [6.07, 6.45) is 1.37. The maximum atomic E-state index is 13.4. The van der Waals surface area contributed by atoms with Crippen molar-refractivity contribution in [2.24, 2.45) is 0 Å². The molecule has 0 aliphatic rings. The van der Waals surface area contributed by atoms with E-state index in [9.17, 15) is 8.78 Å². The first-order valence-corrected chi connectivity index (χ1v) is 7.75. The quantitative estimate of drug-likeness (QED) is 0.726. The van der Waals surface area contributed by atoms with Crippen LogP contribution in [-0.2, 0) is 0 Å². The zero-order valence-corrected chi connectivity index (χ0v) is 13.6. The SMILES string of the molecule is CCN(c1ccccc1)c1ncnc(Nc2ccc(F)c(F)c2)c1N. The number of nitrogens with zero attached hydrogens (tertiary/aromatic N) is 3. The van der Waals surface area contributed by atoms with Crippen LogP contribution in [0.1, 0.15) is 6.92 Å². The molecule has 0 radical (unpaired) electrons. The molecule has 3 N–H and O–H groups in total. The first kappa shape index (κ1) is 16.6. The molecule has 128 valence electrons. The van der Waals surface area contributed by atoms with Gasteiger partial charge in [-0.2, -0.15) is 0 Å². The zero-order chi connectivity index (χ0) is 17.8. The Bertz CT molecular complexity index is 871.